The smallest absolute Gasteiger partial charge is 0.311 e. The topological polar surface area (TPSA) is 232 Å². The lowest BCUT2D eigenvalue weighted by atomic mass is 9.73. The van der Waals surface area contributed by atoms with Crippen molar-refractivity contribution in [2.24, 2.45) is 28.8 Å². The molecular weight excluding hydrogens is 794 g/mol. The standard InChI is InChI=1S/C44H77N3O14/c1-12-33-44(10,53)37(49)27(4)35(47-56-21-19-45-17-18-46-24-31-14-13-20-55-31)25(2)22-42(8,52)39(61-41-32(48)16-15-26(3)57-41)28(5)36(29(6)40(51)59-33)60-34-23-43(9,54-11)38(50)30(7)58-34/h13-14,20,25-30,32-34,36-39,41,45-46,48-50,52-53H,12,15-19,21-24H2,1-11H3/b47-35+/t25-,26-,27+,28+,29-,30+,32+,33-,34+,36+,37+,38-,39+,41+,42?,43-,44-/m1/s1. The summed E-state index contributed by atoms with van der Waals surface area (Å²) in [5, 5.41) is 69.9. The van der Waals surface area contributed by atoms with Gasteiger partial charge in [0.2, 0.25) is 0 Å². The van der Waals surface area contributed by atoms with E-state index in [0.29, 0.717) is 44.7 Å². The summed E-state index contributed by atoms with van der Waals surface area (Å²) in [4.78, 5) is 20.2. The van der Waals surface area contributed by atoms with Crippen molar-refractivity contribution in [1.82, 2.24) is 10.6 Å². The molecule has 3 saturated heterocycles. The molecule has 17 heteroatoms. The number of esters is 1. The summed E-state index contributed by atoms with van der Waals surface area (Å²) in [7, 11) is 1.50. The number of ether oxygens (including phenoxy) is 6. The molecule has 61 heavy (non-hydrogen) atoms. The number of nitrogens with one attached hydrogen (secondary N) is 2. The molecule has 17 atom stereocenters. The Morgan fingerprint density at radius 2 is 1.61 bits per heavy atom. The van der Waals surface area contributed by atoms with Crippen LogP contribution in [-0.2, 0) is 44.6 Å². The van der Waals surface area contributed by atoms with Crippen LogP contribution < -0.4 is 10.6 Å². The molecule has 1 unspecified atom stereocenters. The minimum Gasteiger partial charge on any atom is -0.468 e. The van der Waals surface area contributed by atoms with Gasteiger partial charge in [0, 0.05) is 50.9 Å². The summed E-state index contributed by atoms with van der Waals surface area (Å²) in [5.74, 6) is -3.13. The Hall–Kier alpha value is -2.26. The van der Waals surface area contributed by atoms with E-state index in [1.54, 1.807) is 54.7 Å². The van der Waals surface area contributed by atoms with Crippen molar-refractivity contribution < 1.29 is 68.0 Å². The third kappa shape index (κ3) is 13.2. The second-order valence-corrected chi connectivity index (χ2v) is 18.3. The molecule has 3 aliphatic heterocycles. The van der Waals surface area contributed by atoms with Crippen LogP contribution >= 0.6 is 0 Å². The van der Waals surface area contributed by atoms with E-state index >= 15 is 0 Å². The average Bonchev–Trinajstić information content (AvgIpc) is 3.73. The molecule has 3 aliphatic rings. The van der Waals surface area contributed by atoms with Gasteiger partial charge in [-0.25, -0.2) is 0 Å². The van der Waals surface area contributed by atoms with Crippen LogP contribution in [0.4, 0.5) is 0 Å². The molecule has 4 heterocycles. The molecule has 0 radical (unpaired) electrons. The van der Waals surface area contributed by atoms with E-state index < -0.39 is 102 Å². The number of aliphatic hydroxyl groups is 5. The van der Waals surface area contributed by atoms with Crippen molar-refractivity contribution in [2.75, 3.05) is 33.4 Å². The number of cyclic esters (lactones) is 1. The monoisotopic (exact) mass is 872 g/mol. The van der Waals surface area contributed by atoms with Crippen LogP contribution in [0.25, 0.3) is 0 Å². The summed E-state index contributed by atoms with van der Waals surface area (Å²) in [6.45, 7) is 19.7. The van der Waals surface area contributed by atoms with E-state index in [4.69, 9.17) is 37.7 Å². The minimum absolute atomic E-state index is 0.00894. The molecular formula is C44H77N3O14. The van der Waals surface area contributed by atoms with Crippen molar-refractivity contribution in [3.05, 3.63) is 24.2 Å². The molecule has 1 aromatic heterocycles. The van der Waals surface area contributed by atoms with E-state index in [-0.39, 0.29) is 32.0 Å². The average molecular weight is 872 g/mol. The highest BCUT2D eigenvalue weighted by Gasteiger charge is 2.53. The van der Waals surface area contributed by atoms with Gasteiger partial charge in [-0.1, -0.05) is 32.9 Å². The molecule has 3 fully saturated rings. The molecule has 0 amide bonds. The highest BCUT2D eigenvalue weighted by atomic mass is 16.7. The normalized spacial score (nSPS) is 42.8. The van der Waals surface area contributed by atoms with Gasteiger partial charge in [0.15, 0.2) is 12.6 Å². The Kier molecular flexibility index (Phi) is 19.0. The van der Waals surface area contributed by atoms with Gasteiger partial charge >= 0.3 is 5.97 Å². The third-order valence-electron chi connectivity index (χ3n) is 13.0. The summed E-state index contributed by atoms with van der Waals surface area (Å²) >= 11 is 0. The number of hydrogen-bond donors (Lipinski definition) is 7. The van der Waals surface area contributed by atoms with Gasteiger partial charge < -0.3 is 73.8 Å². The van der Waals surface area contributed by atoms with E-state index in [1.807, 2.05) is 26.0 Å². The van der Waals surface area contributed by atoms with Crippen LogP contribution in [0.1, 0.15) is 107 Å². The lowest BCUT2D eigenvalue weighted by Gasteiger charge is -2.48. The first-order valence-electron chi connectivity index (χ1n) is 22.2. The number of aliphatic hydroxyl groups excluding tert-OH is 3. The molecule has 352 valence electrons. The summed E-state index contributed by atoms with van der Waals surface area (Å²) in [6, 6.07) is 3.74. The predicted molar refractivity (Wildman–Crippen MR) is 225 cm³/mol. The first kappa shape index (κ1) is 51.4. The zero-order valence-electron chi connectivity index (χ0n) is 38.2. The van der Waals surface area contributed by atoms with Crippen LogP contribution in [0, 0.1) is 23.7 Å². The van der Waals surface area contributed by atoms with Crippen molar-refractivity contribution in [1.29, 1.82) is 0 Å². The molecule has 7 N–H and O–H groups in total. The zero-order chi connectivity index (χ0) is 45.3. The van der Waals surface area contributed by atoms with Crippen LogP contribution in [0.15, 0.2) is 28.0 Å². The molecule has 0 spiro atoms. The maximum Gasteiger partial charge on any atom is 0.311 e. The molecule has 0 aliphatic carbocycles. The summed E-state index contributed by atoms with van der Waals surface area (Å²) < 4.78 is 42.8. The van der Waals surface area contributed by atoms with Crippen molar-refractivity contribution >= 4 is 11.7 Å². The fraction of sp³-hybridized carbons (Fsp3) is 0.864. The Morgan fingerprint density at radius 1 is 0.902 bits per heavy atom. The van der Waals surface area contributed by atoms with Crippen LogP contribution in [0.3, 0.4) is 0 Å². The van der Waals surface area contributed by atoms with Gasteiger partial charge in [0.1, 0.15) is 36.3 Å². The van der Waals surface area contributed by atoms with Gasteiger partial charge in [0.05, 0.1) is 66.2 Å². The molecule has 0 aromatic carbocycles. The fourth-order valence-corrected chi connectivity index (χ4v) is 9.16. The first-order chi connectivity index (χ1) is 28.7. The Bertz CT molecular complexity index is 1500. The van der Waals surface area contributed by atoms with Crippen molar-refractivity contribution in [2.45, 2.75) is 186 Å². The third-order valence-corrected chi connectivity index (χ3v) is 13.0. The molecule has 4 rings (SSSR count). The van der Waals surface area contributed by atoms with Crippen molar-refractivity contribution in [3.8, 4) is 0 Å². The first-order valence-corrected chi connectivity index (χ1v) is 22.2. The Labute approximate surface area is 362 Å². The summed E-state index contributed by atoms with van der Waals surface area (Å²) in [5.41, 5.74) is -4.35. The highest BCUT2D eigenvalue weighted by Crippen LogP contribution is 2.41. The zero-order valence-corrected chi connectivity index (χ0v) is 38.2. The highest BCUT2D eigenvalue weighted by molar-refractivity contribution is 5.88. The second-order valence-electron chi connectivity index (χ2n) is 18.3. The molecule has 0 saturated carbocycles. The molecule has 1 aromatic rings. The van der Waals surface area contributed by atoms with Crippen LogP contribution in [-0.4, -0.2) is 149 Å². The second kappa shape index (κ2) is 22.6. The van der Waals surface area contributed by atoms with Crippen LogP contribution in [0.2, 0.25) is 0 Å². The number of hydrogen-bond acceptors (Lipinski definition) is 17. The van der Waals surface area contributed by atoms with Gasteiger partial charge in [0.25, 0.3) is 0 Å². The van der Waals surface area contributed by atoms with E-state index in [2.05, 4.69) is 15.8 Å². The van der Waals surface area contributed by atoms with E-state index in [1.165, 1.54) is 14.0 Å². The number of rotatable bonds is 15. The van der Waals surface area contributed by atoms with Crippen molar-refractivity contribution in [3.63, 3.8) is 0 Å². The number of carbonyl (C=O) groups is 1. The van der Waals surface area contributed by atoms with Gasteiger partial charge in [-0.15, -0.1) is 0 Å². The molecule has 0 bridgehead atoms. The predicted octanol–water partition coefficient (Wildman–Crippen LogP) is 3.02. The van der Waals surface area contributed by atoms with Gasteiger partial charge in [-0.2, -0.15) is 0 Å². The van der Waals surface area contributed by atoms with Gasteiger partial charge in [-0.3, -0.25) is 4.79 Å². The van der Waals surface area contributed by atoms with E-state index in [0.717, 1.165) is 5.76 Å². The lowest BCUT2D eigenvalue weighted by molar-refractivity contribution is -0.314. The van der Waals surface area contributed by atoms with E-state index in [9.17, 15) is 30.3 Å². The number of nitrogens with zero attached hydrogens (tertiary/aromatic N) is 1. The molecule has 17 nitrogen and oxygen atoms in total. The minimum atomic E-state index is -1.95. The SMILES string of the molecule is CC[C@H]1OC(=O)[C@H](C)[C@@H](O[C@H]2C[C@@](C)(OC)[C@H](O)[C@H](C)O2)[C@H](C)[C@H](O[C@@H]2O[C@H](C)CC[C@@H]2O)C(C)(O)C[C@@H](C)/C(=N\OCCNCCNCc2ccco2)[C@H](C)[C@H](O)[C@]1(C)O. The quantitative estimate of drug-likeness (QED) is 0.0763. The number of furan rings is 1. The van der Waals surface area contributed by atoms with Gasteiger partial charge in [-0.05, 0) is 79.4 Å². The number of carbonyl (C=O) groups excluding carboxylic acids is 1. The Balaban J connectivity index is 1.69. The summed E-state index contributed by atoms with van der Waals surface area (Å²) in [6.07, 6.45) is -6.86. The van der Waals surface area contributed by atoms with Crippen LogP contribution in [0.5, 0.6) is 0 Å². The largest absolute Gasteiger partial charge is 0.468 e. The number of oxime groups is 1. The lowest BCUT2D eigenvalue weighted by Crippen LogP contribution is -2.60. The maximum absolute atomic E-state index is 14.3. The Morgan fingerprint density at radius 3 is 2.26 bits per heavy atom. The fourth-order valence-electron chi connectivity index (χ4n) is 9.16. The number of methoxy groups -OCH3 is 1. The maximum atomic E-state index is 14.3.